The maximum atomic E-state index is 13.5. The summed E-state index contributed by atoms with van der Waals surface area (Å²) in [6, 6.07) is 7.53. The zero-order valence-corrected chi connectivity index (χ0v) is 20.1. The van der Waals surface area contributed by atoms with E-state index in [0.717, 1.165) is 35.0 Å². The summed E-state index contributed by atoms with van der Waals surface area (Å²) < 4.78 is 17.8. The SMILES string of the molecule is COCCn1c(SCc2nc(-c3ccccc3OC)no2)nc2sc3c(c2c1=O)CCCC3. The molecule has 0 radical (unpaired) electrons. The zero-order chi connectivity index (χ0) is 22.8. The van der Waals surface area contributed by atoms with Crippen molar-refractivity contribution >= 4 is 33.3 Å². The minimum atomic E-state index is 0.0131. The Kier molecular flexibility index (Phi) is 6.48. The van der Waals surface area contributed by atoms with Crippen molar-refractivity contribution in [1.29, 1.82) is 0 Å². The average Bonchev–Trinajstić information content (AvgIpc) is 3.46. The Morgan fingerprint density at radius 2 is 2.03 bits per heavy atom. The predicted octanol–water partition coefficient (Wildman–Crippen LogP) is 4.33. The van der Waals surface area contributed by atoms with Gasteiger partial charge in [-0.1, -0.05) is 29.1 Å². The van der Waals surface area contributed by atoms with Crippen molar-refractivity contribution in [2.75, 3.05) is 20.8 Å². The molecule has 1 aliphatic carbocycles. The summed E-state index contributed by atoms with van der Waals surface area (Å²) in [5.41, 5.74) is 1.97. The lowest BCUT2D eigenvalue weighted by Gasteiger charge is -2.12. The van der Waals surface area contributed by atoms with Gasteiger partial charge in [0.05, 0.1) is 37.0 Å². The van der Waals surface area contributed by atoms with Crippen LogP contribution in [0.4, 0.5) is 0 Å². The monoisotopic (exact) mass is 484 g/mol. The van der Waals surface area contributed by atoms with Gasteiger partial charge in [0.25, 0.3) is 5.56 Å². The van der Waals surface area contributed by atoms with Gasteiger partial charge in [0.2, 0.25) is 11.7 Å². The number of thiophene rings is 1. The van der Waals surface area contributed by atoms with E-state index >= 15 is 0 Å². The van der Waals surface area contributed by atoms with Crippen molar-refractivity contribution in [3.63, 3.8) is 0 Å². The molecule has 3 aromatic heterocycles. The lowest BCUT2D eigenvalue weighted by molar-refractivity contribution is 0.183. The predicted molar refractivity (Wildman–Crippen MR) is 128 cm³/mol. The third-order valence-electron chi connectivity index (χ3n) is 5.70. The third kappa shape index (κ3) is 4.30. The summed E-state index contributed by atoms with van der Waals surface area (Å²) in [6.07, 6.45) is 4.28. The molecular formula is C23H24N4O4S2. The number of thioether (sulfide) groups is 1. The van der Waals surface area contributed by atoms with Crippen LogP contribution in [-0.4, -0.2) is 40.5 Å². The van der Waals surface area contributed by atoms with Crippen molar-refractivity contribution in [1.82, 2.24) is 19.7 Å². The first-order valence-electron chi connectivity index (χ1n) is 10.8. The summed E-state index contributed by atoms with van der Waals surface area (Å²) >= 11 is 3.07. The van der Waals surface area contributed by atoms with Crippen LogP contribution in [0.15, 0.2) is 38.7 Å². The van der Waals surface area contributed by atoms with Crippen LogP contribution in [0, 0.1) is 0 Å². The van der Waals surface area contributed by atoms with E-state index in [2.05, 4.69) is 10.1 Å². The highest BCUT2D eigenvalue weighted by atomic mass is 32.2. The van der Waals surface area contributed by atoms with Crippen LogP contribution < -0.4 is 10.3 Å². The van der Waals surface area contributed by atoms with Crippen LogP contribution in [0.1, 0.15) is 29.2 Å². The molecule has 1 aliphatic rings. The minimum absolute atomic E-state index is 0.0131. The van der Waals surface area contributed by atoms with E-state index in [1.54, 1.807) is 30.1 Å². The summed E-state index contributed by atoms with van der Waals surface area (Å²) in [5, 5.41) is 5.53. The number of benzene rings is 1. The molecule has 0 unspecified atom stereocenters. The molecule has 0 amide bonds. The Morgan fingerprint density at radius 3 is 2.88 bits per heavy atom. The molecule has 8 nitrogen and oxygen atoms in total. The van der Waals surface area contributed by atoms with Crippen molar-refractivity contribution < 1.29 is 14.0 Å². The molecule has 0 bridgehead atoms. The topological polar surface area (TPSA) is 92.3 Å². The number of rotatable bonds is 8. The molecule has 1 aromatic carbocycles. The molecule has 33 heavy (non-hydrogen) atoms. The van der Waals surface area contributed by atoms with Gasteiger partial charge in [0, 0.05) is 12.0 Å². The molecule has 0 saturated heterocycles. The van der Waals surface area contributed by atoms with Crippen molar-refractivity contribution in [3.05, 3.63) is 51.0 Å². The lowest BCUT2D eigenvalue weighted by atomic mass is 9.97. The van der Waals surface area contributed by atoms with Gasteiger partial charge in [-0.3, -0.25) is 9.36 Å². The van der Waals surface area contributed by atoms with E-state index in [1.807, 2.05) is 24.3 Å². The molecule has 10 heteroatoms. The first kappa shape index (κ1) is 22.1. The number of aromatic nitrogens is 4. The lowest BCUT2D eigenvalue weighted by Crippen LogP contribution is -2.25. The van der Waals surface area contributed by atoms with Gasteiger partial charge in [0.15, 0.2) is 5.16 Å². The Balaban J connectivity index is 1.45. The van der Waals surface area contributed by atoms with Gasteiger partial charge in [-0.2, -0.15) is 4.98 Å². The highest BCUT2D eigenvalue weighted by molar-refractivity contribution is 7.98. The second-order valence-corrected chi connectivity index (χ2v) is 9.76. The Morgan fingerprint density at radius 1 is 1.18 bits per heavy atom. The Labute approximate surface area is 198 Å². The van der Waals surface area contributed by atoms with Gasteiger partial charge in [-0.05, 0) is 43.4 Å². The first-order valence-corrected chi connectivity index (χ1v) is 12.6. The van der Waals surface area contributed by atoms with Gasteiger partial charge in [0.1, 0.15) is 10.6 Å². The summed E-state index contributed by atoms with van der Waals surface area (Å²) in [6.45, 7) is 0.882. The maximum Gasteiger partial charge on any atom is 0.263 e. The fraction of sp³-hybridized carbons (Fsp3) is 0.391. The second-order valence-electron chi connectivity index (χ2n) is 7.74. The normalized spacial score (nSPS) is 13.4. The van der Waals surface area contributed by atoms with Crippen LogP contribution in [-0.2, 0) is 29.9 Å². The van der Waals surface area contributed by atoms with Crippen LogP contribution in [0.25, 0.3) is 21.6 Å². The summed E-state index contributed by atoms with van der Waals surface area (Å²) in [4.78, 5) is 25.0. The van der Waals surface area contributed by atoms with Crippen molar-refractivity contribution in [3.8, 4) is 17.1 Å². The van der Waals surface area contributed by atoms with E-state index in [4.69, 9.17) is 19.0 Å². The molecule has 0 fully saturated rings. The molecule has 3 heterocycles. The van der Waals surface area contributed by atoms with Crippen LogP contribution in [0.2, 0.25) is 0 Å². The maximum absolute atomic E-state index is 13.5. The molecule has 0 spiro atoms. The number of fused-ring (bicyclic) bond motifs is 3. The largest absolute Gasteiger partial charge is 0.496 e. The molecular weight excluding hydrogens is 460 g/mol. The van der Waals surface area contributed by atoms with Gasteiger partial charge in [-0.25, -0.2) is 4.98 Å². The van der Waals surface area contributed by atoms with Gasteiger partial charge >= 0.3 is 0 Å². The Hall–Kier alpha value is -2.69. The molecule has 5 rings (SSSR count). The number of hydrogen-bond donors (Lipinski definition) is 0. The highest BCUT2D eigenvalue weighted by Gasteiger charge is 2.23. The quantitative estimate of drug-likeness (QED) is 0.269. The van der Waals surface area contributed by atoms with E-state index in [9.17, 15) is 4.79 Å². The van der Waals surface area contributed by atoms with E-state index in [1.165, 1.54) is 28.6 Å². The van der Waals surface area contributed by atoms with Crippen LogP contribution >= 0.6 is 23.1 Å². The minimum Gasteiger partial charge on any atom is -0.496 e. The van der Waals surface area contributed by atoms with Crippen molar-refractivity contribution in [2.24, 2.45) is 0 Å². The zero-order valence-electron chi connectivity index (χ0n) is 18.5. The van der Waals surface area contributed by atoms with Crippen LogP contribution in [0.5, 0.6) is 5.75 Å². The standard InChI is InChI=1S/C23H24N4O4S2/c1-29-12-11-27-22(28)19-15-8-4-6-10-17(15)33-21(19)25-23(27)32-13-18-24-20(26-31-18)14-7-3-5-9-16(14)30-2/h3,5,7,9H,4,6,8,10-13H2,1-2H3. The smallest absolute Gasteiger partial charge is 0.263 e. The third-order valence-corrected chi connectivity index (χ3v) is 7.85. The fourth-order valence-electron chi connectivity index (χ4n) is 4.09. The average molecular weight is 485 g/mol. The highest BCUT2D eigenvalue weighted by Crippen LogP contribution is 2.35. The van der Waals surface area contributed by atoms with E-state index in [0.29, 0.717) is 41.5 Å². The summed E-state index contributed by atoms with van der Waals surface area (Å²) in [7, 11) is 3.24. The van der Waals surface area contributed by atoms with E-state index in [-0.39, 0.29) is 5.56 Å². The molecule has 0 aliphatic heterocycles. The number of methoxy groups -OCH3 is 2. The number of hydrogen-bond acceptors (Lipinski definition) is 9. The number of para-hydroxylation sites is 1. The van der Waals surface area contributed by atoms with Crippen LogP contribution in [0.3, 0.4) is 0 Å². The van der Waals surface area contributed by atoms with E-state index < -0.39 is 0 Å². The molecule has 4 aromatic rings. The Bertz CT molecular complexity index is 1340. The molecule has 172 valence electrons. The van der Waals surface area contributed by atoms with Gasteiger partial charge in [-0.15, -0.1) is 11.3 Å². The van der Waals surface area contributed by atoms with Crippen molar-refractivity contribution in [2.45, 2.75) is 43.1 Å². The number of aryl methyl sites for hydroxylation is 2. The first-order chi connectivity index (χ1) is 16.2. The molecule has 0 N–H and O–H groups in total. The fourth-order valence-corrected chi connectivity index (χ4v) is 6.25. The molecule has 0 saturated carbocycles. The number of ether oxygens (including phenoxy) is 2. The van der Waals surface area contributed by atoms with Gasteiger partial charge < -0.3 is 14.0 Å². The number of nitrogens with zero attached hydrogens (tertiary/aromatic N) is 4. The molecule has 0 atom stereocenters. The summed E-state index contributed by atoms with van der Waals surface area (Å²) in [5.74, 6) is 2.01. The second kappa shape index (κ2) is 9.66.